The maximum Gasteiger partial charge on any atom is 0.573 e. The minimum atomic E-state index is -4.95. The summed E-state index contributed by atoms with van der Waals surface area (Å²) < 4.78 is 87.9. The summed E-state index contributed by atoms with van der Waals surface area (Å²) in [6.07, 6.45) is -9.53. The van der Waals surface area contributed by atoms with Crippen molar-refractivity contribution in [1.29, 1.82) is 0 Å². The van der Waals surface area contributed by atoms with Crippen molar-refractivity contribution in [2.24, 2.45) is 0 Å². The Morgan fingerprint density at radius 2 is 1.81 bits per heavy atom. The summed E-state index contributed by atoms with van der Waals surface area (Å²) in [7, 11) is 0. The van der Waals surface area contributed by atoms with Crippen LogP contribution in [0.15, 0.2) is 63.9 Å². The average Bonchev–Trinajstić information content (AvgIpc) is 3.24. The number of halogens is 6. The fourth-order valence-electron chi connectivity index (χ4n) is 3.68. The highest BCUT2D eigenvalue weighted by molar-refractivity contribution is 5.93. The Hall–Kier alpha value is -3.87. The first-order chi connectivity index (χ1) is 16.8. The molecule has 4 rings (SSSR count). The highest BCUT2D eigenvalue weighted by Crippen LogP contribution is 2.40. The largest absolute Gasteiger partial charge is 0.573 e. The number of alkyl halides is 6. The molecule has 0 bridgehead atoms. The minimum absolute atomic E-state index is 0.0660. The van der Waals surface area contributed by atoms with Crippen LogP contribution in [-0.2, 0) is 12.1 Å². The molecule has 0 fully saturated rings. The lowest BCUT2D eigenvalue weighted by Gasteiger charge is -2.26. The highest BCUT2D eigenvalue weighted by Gasteiger charge is 2.55. The molecule has 2 aromatic heterocycles. The van der Waals surface area contributed by atoms with Crippen molar-refractivity contribution in [2.45, 2.75) is 38.0 Å². The van der Waals surface area contributed by atoms with E-state index >= 15 is 0 Å². The van der Waals surface area contributed by atoms with Gasteiger partial charge in [0.2, 0.25) is 5.60 Å². The van der Waals surface area contributed by atoms with Gasteiger partial charge in [0.1, 0.15) is 17.0 Å². The average molecular weight is 513 g/mol. The van der Waals surface area contributed by atoms with E-state index in [2.05, 4.69) is 15.0 Å². The molecule has 2 heterocycles. The smallest absolute Gasteiger partial charge is 0.423 e. The Morgan fingerprint density at radius 1 is 1.06 bits per heavy atom. The summed E-state index contributed by atoms with van der Waals surface area (Å²) >= 11 is 0. The molecule has 7 nitrogen and oxygen atoms in total. The van der Waals surface area contributed by atoms with Crippen molar-refractivity contribution in [3.8, 4) is 16.9 Å². The molecule has 0 aliphatic carbocycles. The lowest BCUT2D eigenvalue weighted by Crippen LogP contribution is -2.42. The van der Waals surface area contributed by atoms with Gasteiger partial charge in [-0.15, -0.1) is 18.3 Å². The van der Waals surface area contributed by atoms with Crippen LogP contribution in [0.2, 0.25) is 0 Å². The van der Waals surface area contributed by atoms with Gasteiger partial charge in [-0.1, -0.05) is 36.4 Å². The number of rotatable bonds is 6. The molecule has 0 aliphatic rings. The molecular formula is C23H17F6N3O4. The number of aliphatic hydroxyl groups is 1. The zero-order valence-corrected chi connectivity index (χ0v) is 18.4. The molecule has 13 heteroatoms. The molecule has 190 valence electrons. The first kappa shape index (κ1) is 25.2. The molecule has 0 aliphatic heterocycles. The van der Waals surface area contributed by atoms with Gasteiger partial charge < -0.3 is 14.3 Å². The fraction of sp³-hybridized carbons (Fsp3) is 0.261. The number of hydrogen-bond acceptors (Lipinski definition) is 6. The molecule has 1 unspecified atom stereocenters. The van der Waals surface area contributed by atoms with Crippen LogP contribution in [0, 0.1) is 0 Å². The van der Waals surface area contributed by atoms with Crippen molar-refractivity contribution in [1.82, 2.24) is 15.0 Å². The number of benzene rings is 2. The Bertz CT molecular complexity index is 1460. The third kappa shape index (κ3) is 5.05. The molecule has 0 amide bonds. The van der Waals surface area contributed by atoms with E-state index in [1.165, 1.54) is 25.1 Å². The first-order valence-electron chi connectivity index (χ1n) is 10.4. The molecule has 4 aromatic rings. The predicted octanol–water partition coefficient (Wildman–Crippen LogP) is 5.16. The molecule has 0 radical (unpaired) electrons. The molecule has 1 N–H and O–H groups in total. The monoisotopic (exact) mass is 513 g/mol. The van der Waals surface area contributed by atoms with Gasteiger partial charge in [0.15, 0.2) is 0 Å². The number of nitrogens with zero attached hydrogens (tertiary/aromatic N) is 3. The van der Waals surface area contributed by atoms with Crippen LogP contribution in [-0.4, -0.2) is 32.6 Å². The van der Waals surface area contributed by atoms with E-state index in [0.717, 1.165) is 29.1 Å². The maximum absolute atomic E-state index is 13.3. The van der Waals surface area contributed by atoms with Crippen LogP contribution in [0.3, 0.4) is 0 Å². The molecule has 0 saturated heterocycles. The third-order valence-electron chi connectivity index (χ3n) is 5.48. The van der Waals surface area contributed by atoms with E-state index in [9.17, 15) is 36.2 Å². The van der Waals surface area contributed by atoms with Gasteiger partial charge in [0, 0.05) is 11.5 Å². The van der Waals surface area contributed by atoms with Crippen molar-refractivity contribution in [3.05, 3.63) is 76.4 Å². The van der Waals surface area contributed by atoms with E-state index in [4.69, 9.17) is 4.42 Å². The summed E-state index contributed by atoms with van der Waals surface area (Å²) in [5, 5.41) is 17.6. The normalized spacial score (nSPS) is 14.1. The van der Waals surface area contributed by atoms with E-state index in [1.54, 1.807) is 12.1 Å². The maximum atomic E-state index is 13.3. The molecule has 2 aromatic carbocycles. The zero-order valence-electron chi connectivity index (χ0n) is 18.4. The minimum Gasteiger partial charge on any atom is -0.423 e. The summed E-state index contributed by atoms with van der Waals surface area (Å²) in [4.78, 5) is 12.2. The Kier molecular flexibility index (Phi) is 6.29. The molecule has 0 saturated carbocycles. The molecule has 36 heavy (non-hydrogen) atoms. The molecule has 0 spiro atoms. The van der Waals surface area contributed by atoms with Gasteiger partial charge >= 0.3 is 18.2 Å². The Balaban J connectivity index is 1.67. The van der Waals surface area contributed by atoms with E-state index in [1.807, 2.05) is 0 Å². The van der Waals surface area contributed by atoms with Gasteiger partial charge in [-0.05, 0) is 41.3 Å². The van der Waals surface area contributed by atoms with E-state index in [0.29, 0.717) is 16.5 Å². The summed E-state index contributed by atoms with van der Waals surface area (Å²) in [5.74, 6) is -0.467. The number of fused-ring (bicyclic) bond motifs is 1. The van der Waals surface area contributed by atoms with Gasteiger partial charge in [0.05, 0.1) is 12.7 Å². The van der Waals surface area contributed by atoms with Crippen LogP contribution in [0.4, 0.5) is 26.3 Å². The van der Waals surface area contributed by atoms with Gasteiger partial charge in [0.25, 0.3) is 0 Å². The summed E-state index contributed by atoms with van der Waals surface area (Å²) in [6, 6.07) is 10.8. The first-order valence-corrected chi connectivity index (χ1v) is 10.4. The van der Waals surface area contributed by atoms with Crippen molar-refractivity contribution >= 4 is 11.0 Å². The summed E-state index contributed by atoms with van der Waals surface area (Å²) in [6.45, 7) is 1.10. The van der Waals surface area contributed by atoms with Crippen LogP contribution < -0.4 is 10.4 Å². The van der Waals surface area contributed by atoms with E-state index < -0.39 is 41.6 Å². The predicted molar refractivity (Wildman–Crippen MR) is 114 cm³/mol. The SMILES string of the molecule is CCC(O)(c1cn(Cc2ccc3c(-c4cccc(OC(F)(F)F)c4)cc(=O)oc3c2)nn1)C(F)(F)F. The lowest BCUT2D eigenvalue weighted by atomic mass is 9.96. The second kappa shape index (κ2) is 8.97. The van der Waals surface area contributed by atoms with Crippen LogP contribution in [0.1, 0.15) is 24.6 Å². The fourth-order valence-corrected chi connectivity index (χ4v) is 3.68. The molecule has 1 atom stereocenters. The number of ether oxygens (including phenoxy) is 1. The van der Waals surface area contributed by atoms with Gasteiger partial charge in [-0.3, -0.25) is 0 Å². The van der Waals surface area contributed by atoms with Crippen LogP contribution in [0.25, 0.3) is 22.1 Å². The Morgan fingerprint density at radius 3 is 2.47 bits per heavy atom. The Labute approximate surface area is 198 Å². The second-order valence-electron chi connectivity index (χ2n) is 7.90. The zero-order chi connectivity index (χ0) is 26.3. The summed E-state index contributed by atoms with van der Waals surface area (Å²) in [5.41, 5.74) is -3.44. The number of hydrogen-bond donors (Lipinski definition) is 1. The quantitative estimate of drug-likeness (QED) is 0.283. The van der Waals surface area contributed by atoms with Crippen molar-refractivity contribution in [2.75, 3.05) is 0 Å². The number of aromatic nitrogens is 3. The standard InChI is InChI=1S/C23H17F6N3O4/c1-2-21(34,22(24,25)26)19-12-32(31-30-19)11-13-6-7-16-17(10-20(33)35-18(16)8-13)14-4-3-5-15(9-14)36-23(27,28)29/h3-10,12,34H,2,11H2,1H3. The van der Waals surface area contributed by atoms with Crippen molar-refractivity contribution in [3.63, 3.8) is 0 Å². The topological polar surface area (TPSA) is 90.4 Å². The second-order valence-corrected chi connectivity index (χ2v) is 7.90. The van der Waals surface area contributed by atoms with Crippen LogP contribution in [0.5, 0.6) is 5.75 Å². The van der Waals surface area contributed by atoms with E-state index in [-0.39, 0.29) is 17.7 Å². The third-order valence-corrected chi connectivity index (χ3v) is 5.48. The van der Waals surface area contributed by atoms with Crippen LogP contribution >= 0.6 is 0 Å². The van der Waals surface area contributed by atoms with Crippen molar-refractivity contribution < 1.29 is 40.6 Å². The van der Waals surface area contributed by atoms with Gasteiger partial charge in [-0.25, -0.2) is 9.48 Å². The molecular weight excluding hydrogens is 496 g/mol. The van der Waals surface area contributed by atoms with Gasteiger partial charge in [-0.2, -0.15) is 13.2 Å². The lowest BCUT2D eigenvalue weighted by molar-refractivity contribution is -0.274. The highest BCUT2D eigenvalue weighted by atomic mass is 19.4.